The van der Waals surface area contributed by atoms with E-state index in [0.717, 1.165) is 24.5 Å². The molecule has 0 aromatic carbocycles. The first kappa shape index (κ1) is 11.6. The maximum absolute atomic E-state index is 5.26. The molecule has 0 saturated carbocycles. The molecule has 0 amide bonds. The average Bonchev–Trinajstić information content (AvgIpc) is 2.90. The molecule has 1 aromatic heterocycles. The second-order valence-corrected chi connectivity index (χ2v) is 4.44. The Hall–Kier alpha value is -0.870. The Labute approximate surface area is 97.0 Å². The molecule has 0 radical (unpaired) electrons. The summed E-state index contributed by atoms with van der Waals surface area (Å²) in [6.07, 6.45) is 5.49. The summed E-state index contributed by atoms with van der Waals surface area (Å²) in [4.78, 5) is 6.61. The zero-order valence-electron chi connectivity index (χ0n) is 10.0. The van der Waals surface area contributed by atoms with Gasteiger partial charge in [-0.2, -0.15) is 0 Å². The van der Waals surface area contributed by atoms with E-state index in [1.54, 1.807) is 0 Å². The van der Waals surface area contributed by atoms with E-state index in [2.05, 4.69) is 15.2 Å². The SMILES string of the molecule is Cc1ncoc1CNCCCN1CCCC1. The molecule has 0 spiro atoms. The molecule has 2 heterocycles. The summed E-state index contributed by atoms with van der Waals surface area (Å²) < 4.78 is 5.26. The molecular weight excluding hydrogens is 202 g/mol. The van der Waals surface area contributed by atoms with Crippen LogP contribution in [0.2, 0.25) is 0 Å². The highest BCUT2D eigenvalue weighted by molar-refractivity contribution is 5.03. The van der Waals surface area contributed by atoms with Crippen molar-refractivity contribution in [3.8, 4) is 0 Å². The van der Waals surface area contributed by atoms with Gasteiger partial charge in [0.15, 0.2) is 6.39 Å². The van der Waals surface area contributed by atoms with Crippen LogP contribution in [0, 0.1) is 6.92 Å². The monoisotopic (exact) mass is 223 g/mol. The van der Waals surface area contributed by atoms with Gasteiger partial charge in [0.05, 0.1) is 12.2 Å². The van der Waals surface area contributed by atoms with Crippen LogP contribution in [0.4, 0.5) is 0 Å². The summed E-state index contributed by atoms with van der Waals surface area (Å²) in [5.41, 5.74) is 0.993. The summed E-state index contributed by atoms with van der Waals surface area (Å²) in [5, 5.41) is 3.39. The highest BCUT2D eigenvalue weighted by Crippen LogP contribution is 2.07. The Morgan fingerprint density at radius 1 is 1.44 bits per heavy atom. The van der Waals surface area contributed by atoms with Gasteiger partial charge in [-0.25, -0.2) is 4.98 Å². The van der Waals surface area contributed by atoms with Crippen LogP contribution < -0.4 is 5.32 Å². The van der Waals surface area contributed by atoms with Crippen LogP contribution >= 0.6 is 0 Å². The summed E-state index contributed by atoms with van der Waals surface area (Å²) >= 11 is 0. The predicted molar refractivity (Wildman–Crippen MR) is 63.2 cm³/mol. The molecule has 2 rings (SSSR count). The number of oxazole rings is 1. The lowest BCUT2D eigenvalue weighted by atomic mass is 10.3. The molecule has 90 valence electrons. The van der Waals surface area contributed by atoms with E-state index in [4.69, 9.17) is 4.42 Å². The van der Waals surface area contributed by atoms with Gasteiger partial charge in [0.2, 0.25) is 0 Å². The zero-order chi connectivity index (χ0) is 11.2. The minimum Gasteiger partial charge on any atom is -0.447 e. The van der Waals surface area contributed by atoms with Crippen molar-refractivity contribution >= 4 is 0 Å². The number of hydrogen-bond donors (Lipinski definition) is 1. The molecule has 1 aliphatic rings. The van der Waals surface area contributed by atoms with Gasteiger partial charge < -0.3 is 14.6 Å². The van der Waals surface area contributed by atoms with E-state index in [0.29, 0.717) is 0 Å². The van der Waals surface area contributed by atoms with E-state index in [9.17, 15) is 0 Å². The fourth-order valence-corrected chi connectivity index (χ4v) is 2.13. The first-order valence-corrected chi connectivity index (χ1v) is 6.18. The van der Waals surface area contributed by atoms with Gasteiger partial charge in [-0.3, -0.25) is 0 Å². The third-order valence-electron chi connectivity index (χ3n) is 3.16. The van der Waals surface area contributed by atoms with E-state index in [1.165, 1.54) is 45.3 Å². The van der Waals surface area contributed by atoms with Gasteiger partial charge >= 0.3 is 0 Å². The molecule has 1 saturated heterocycles. The van der Waals surface area contributed by atoms with Gasteiger partial charge in [0, 0.05) is 0 Å². The van der Waals surface area contributed by atoms with Crippen molar-refractivity contribution in [3.63, 3.8) is 0 Å². The van der Waals surface area contributed by atoms with Crippen LogP contribution in [0.15, 0.2) is 10.8 Å². The van der Waals surface area contributed by atoms with Crippen molar-refractivity contribution in [2.45, 2.75) is 32.7 Å². The molecule has 16 heavy (non-hydrogen) atoms. The van der Waals surface area contributed by atoms with Crippen LogP contribution in [0.25, 0.3) is 0 Å². The predicted octanol–water partition coefficient (Wildman–Crippen LogP) is 1.56. The molecule has 1 aliphatic heterocycles. The highest BCUT2D eigenvalue weighted by atomic mass is 16.3. The third-order valence-corrected chi connectivity index (χ3v) is 3.16. The van der Waals surface area contributed by atoms with Crippen LogP contribution in [-0.2, 0) is 6.54 Å². The average molecular weight is 223 g/mol. The normalized spacial score (nSPS) is 17.1. The van der Waals surface area contributed by atoms with Gasteiger partial charge in [0.25, 0.3) is 0 Å². The minimum absolute atomic E-state index is 0.797. The van der Waals surface area contributed by atoms with Crippen molar-refractivity contribution in [1.29, 1.82) is 0 Å². The fraction of sp³-hybridized carbons (Fsp3) is 0.750. The molecule has 4 nitrogen and oxygen atoms in total. The summed E-state index contributed by atoms with van der Waals surface area (Å²) in [6, 6.07) is 0. The first-order chi connectivity index (χ1) is 7.86. The molecule has 0 atom stereocenters. The Bertz CT molecular complexity index is 305. The maximum atomic E-state index is 5.26. The lowest BCUT2D eigenvalue weighted by molar-refractivity contribution is 0.329. The summed E-state index contributed by atoms with van der Waals surface area (Å²) in [6.45, 7) is 7.64. The number of nitrogens with zero attached hydrogens (tertiary/aromatic N) is 2. The van der Waals surface area contributed by atoms with E-state index >= 15 is 0 Å². The van der Waals surface area contributed by atoms with E-state index < -0.39 is 0 Å². The van der Waals surface area contributed by atoms with Crippen LogP contribution in [-0.4, -0.2) is 36.1 Å². The summed E-state index contributed by atoms with van der Waals surface area (Å²) in [5.74, 6) is 0.959. The standard InChI is InChI=1S/C12H21N3O/c1-11-12(16-10-14-11)9-13-5-4-8-15-6-2-3-7-15/h10,13H,2-9H2,1H3. The lowest BCUT2D eigenvalue weighted by Crippen LogP contribution is -2.24. The molecule has 1 aromatic rings. The van der Waals surface area contributed by atoms with Gasteiger partial charge in [0.1, 0.15) is 5.76 Å². The second kappa shape index (κ2) is 6.01. The van der Waals surface area contributed by atoms with Gasteiger partial charge in [-0.15, -0.1) is 0 Å². The maximum Gasteiger partial charge on any atom is 0.181 e. The third kappa shape index (κ3) is 3.32. The number of aromatic nitrogens is 1. The minimum atomic E-state index is 0.797. The molecular formula is C12H21N3O. The number of aryl methyl sites for hydroxylation is 1. The highest BCUT2D eigenvalue weighted by Gasteiger charge is 2.10. The number of hydrogen-bond acceptors (Lipinski definition) is 4. The number of likely N-dealkylation sites (tertiary alicyclic amines) is 1. The van der Waals surface area contributed by atoms with Crippen molar-refractivity contribution in [1.82, 2.24) is 15.2 Å². The van der Waals surface area contributed by atoms with E-state index in [-0.39, 0.29) is 0 Å². The smallest absolute Gasteiger partial charge is 0.181 e. The second-order valence-electron chi connectivity index (χ2n) is 4.44. The van der Waals surface area contributed by atoms with Crippen molar-refractivity contribution < 1.29 is 4.42 Å². The van der Waals surface area contributed by atoms with Gasteiger partial charge in [-0.05, 0) is 52.4 Å². The zero-order valence-corrected chi connectivity index (χ0v) is 10.0. The quantitative estimate of drug-likeness (QED) is 0.743. The first-order valence-electron chi connectivity index (χ1n) is 6.18. The molecule has 1 fully saturated rings. The topological polar surface area (TPSA) is 41.3 Å². The Balaban J connectivity index is 1.53. The molecule has 0 unspecified atom stereocenters. The lowest BCUT2D eigenvalue weighted by Gasteiger charge is -2.13. The molecule has 0 bridgehead atoms. The van der Waals surface area contributed by atoms with Crippen molar-refractivity contribution in [2.24, 2.45) is 0 Å². The van der Waals surface area contributed by atoms with Crippen LogP contribution in [0.5, 0.6) is 0 Å². The Morgan fingerprint density at radius 3 is 2.94 bits per heavy atom. The van der Waals surface area contributed by atoms with Crippen LogP contribution in [0.1, 0.15) is 30.7 Å². The number of rotatable bonds is 6. The van der Waals surface area contributed by atoms with Gasteiger partial charge in [-0.1, -0.05) is 0 Å². The summed E-state index contributed by atoms with van der Waals surface area (Å²) in [7, 11) is 0. The Morgan fingerprint density at radius 2 is 2.25 bits per heavy atom. The van der Waals surface area contributed by atoms with Crippen LogP contribution in [0.3, 0.4) is 0 Å². The van der Waals surface area contributed by atoms with Crippen molar-refractivity contribution in [3.05, 3.63) is 17.8 Å². The fourth-order valence-electron chi connectivity index (χ4n) is 2.13. The van der Waals surface area contributed by atoms with Crippen molar-refractivity contribution in [2.75, 3.05) is 26.2 Å². The largest absolute Gasteiger partial charge is 0.447 e. The number of nitrogens with one attached hydrogen (secondary N) is 1. The van der Waals surface area contributed by atoms with E-state index in [1.807, 2.05) is 6.92 Å². The molecule has 0 aliphatic carbocycles. The molecule has 4 heteroatoms. The molecule has 1 N–H and O–H groups in total. The Kier molecular flexibility index (Phi) is 4.36.